The van der Waals surface area contributed by atoms with E-state index in [-0.39, 0.29) is 12.5 Å². The first-order valence-electron chi connectivity index (χ1n) is 6.46. The van der Waals surface area contributed by atoms with E-state index < -0.39 is 5.97 Å². The summed E-state index contributed by atoms with van der Waals surface area (Å²) in [7, 11) is 0. The van der Waals surface area contributed by atoms with Gasteiger partial charge in [-0.2, -0.15) is 5.10 Å². The second-order valence-electron chi connectivity index (χ2n) is 4.96. The summed E-state index contributed by atoms with van der Waals surface area (Å²) in [6.45, 7) is -0.236. The second kappa shape index (κ2) is 5.36. The van der Waals surface area contributed by atoms with Gasteiger partial charge in [0.1, 0.15) is 12.2 Å². The Bertz CT molecular complexity index is 702. The molecule has 0 atom stereocenters. The van der Waals surface area contributed by atoms with Gasteiger partial charge in [-0.1, -0.05) is 0 Å². The van der Waals surface area contributed by atoms with Gasteiger partial charge >= 0.3 is 5.97 Å². The smallest absolute Gasteiger partial charge is 0.325 e. The van der Waals surface area contributed by atoms with Gasteiger partial charge in [-0.25, -0.2) is 0 Å². The number of carboxylic acid groups (broad SMARTS) is 1. The van der Waals surface area contributed by atoms with Gasteiger partial charge in [0.15, 0.2) is 0 Å². The molecule has 2 heterocycles. The molecule has 0 radical (unpaired) electrons. The van der Waals surface area contributed by atoms with Crippen molar-refractivity contribution in [1.82, 2.24) is 14.3 Å². The molecule has 1 aliphatic carbocycles. The second-order valence-corrected chi connectivity index (χ2v) is 5.87. The van der Waals surface area contributed by atoms with Crippen LogP contribution in [0.3, 0.4) is 0 Å². The van der Waals surface area contributed by atoms with Crippen LogP contribution in [-0.4, -0.2) is 31.3 Å². The maximum Gasteiger partial charge on any atom is 0.325 e. The van der Waals surface area contributed by atoms with E-state index in [1.165, 1.54) is 17.1 Å². The van der Waals surface area contributed by atoms with E-state index in [0.717, 1.165) is 17.3 Å². The number of amides is 1. The molecule has 2 aromatic rings. The number of halogens is 1. The molecular weight excluding hydrogens is 340 g/mol. The Hall–Kier alpha value is -2.09. The fourth-order valence-electron chi connectivity index (χ4n) is 2.13. The number of aliphatic carboxylic acids is 1. The molecular formula is C13H13BrN4O3. The van der Waals surface area contributed by atoms with Crippen molar-refractivity contribution in [2.24, 2.45) is 0 Å². The Morgan fingerprint density at radius 3 is 2.86 bits per heavy atom. The summed E-state index contributed by atoms with van der Waals surface area (Å²) in [5.41, 5.74) is 1.05. The average molecular weight is 353 g/mol. The van der Waals surface area contributed by atoms with E-state index in [1.54, 1.807) is 6.07 Å². The zero-order valence-corrected chi connectivity index (χ0v) is 12.6. The maximum atomic E-state index is 12.3. The summed E-state index contributed by atoms with van der Waals surface area (Å²) in [5.74, 6) is -1.22. The number of nitrogens with one attached hydrogen (secondary N) is 1. The molecule has 110 valence electrons. The van der Waals surface area contributed by atoms with Gasteiger partial charge in [0.2, 0.25) is 0 Å². The minimum absolute atomic E-state index is 0.234. The lowest BCUT2D eigenvalue weighted by molar-refractivity contribution is -0.137. The van der Waals surface area contributed by atoms with Gasteiger partial charge in [0.25, 0.3) is 5.91 Å². The van der Waals surface area contributed by atoms with Crippen molar-refractivity contribution in [3.05, 3.63) is 34.8 Å². The van der Waals surface area contributed by atoms with Crippen molar-refractivity contribution in [1.29, 1.82) is 0 Å². The molecule has 1 saturated carbocycles. The molecule has 21 heavy (non-hydrogen) atoms. The van der Waals surface area contributed by atoms with Gasteiger partial charge < -0.3 is 15.0 Å². The molecule has 0 aromatic carbocycles. The minimum Gasteiger partial charge on any atom is -0.480 e. The number of carbonyl (C=O) groups excluding carboxylic acids is 1. The monoisotopic (exact) mass is 352 g/mol. The third kappa shape index (κ3) is 3.15. The van der Waals surface area contributed by atoms with Crippen molar-refractivity contribution in [2.45, 2.75) is 25.4 Å². The molecule has 0 aliphatic heterocycles. The molecule has 8 heteroatoms. The van der Waals surface area contributed by atoms with Gasteiger partial charge in [0.05, 0.1) is 11.9 Å². The molecule has 0 spiro atoms. The van der Waals surface area contributed by atoms with E-state index in [1.807, 2.05) is 10.8 Å². The van der Waals surface area contributed by atoms with Crippen molar-refractivity contribution in [3.63, 3.8) is 0 Å². The van der Waals surface area contributed by atoms with E-state index in [2.05, 4.69) is 26.3 Å². The summed E-state index contributed by atoms with van der Waals surface area (Å²) in [5, 5.41) is 15.3. The molecule has 0 unspecified atom stereocenters. The molecule has 0 bridgehead atoms. The van der Waals surface area contributed by atoms with Crippen molar-refractivity contribution < 1.29 is 14.7 Å². The number of hydrogen-bond acceptors (Lipinski definition) is 3. The SMILES string of the molecule is O=C(O)Cn1cc(NC(=O)c2cc(Br)cn2C2CC2)cn1. The maximum absolute atomic E-state index is 12.3. The average Bonchev–Trinajstić information content (AvgIpc) is 3.05. The lowest BCUT2D eigenvalue weighted by Gasteiger charge is -2.07. The zero-order chi connectivity index (χ0) is 15.0. The zero-order valence-electron chi connectivity index (χ0n) is 11.0. The highest BCUT2D eigenvalue weighted by Crippen LogP contribution is 2.37. The van der Waals surface area contributed by atoms with Crippen LogP contribution >= 0.6 is 15.9 Å². The first-order valence-corrected chi connectivity index (χ1v) is 7.25. The van der Waals surface area contributed by atoms with Crippen LogP contribution in [-0.2, 0) is 11.3 Å². The number of rotatable bonds is 5. The van der Waals surface area contributed by atoms with Crippen LogP contribution in [0.25, 0.3) is 0 Å². The molecule has 1 fully saturated rings. The predicted molar refractivity (Wildman–Crippen MR) is 78.2 cm³/mol. The summed E-state index contributed by atoms with van der Waals surface area (Å²) < 4.78 is 4.08. The first-order chi connectivity index (χ1) is 10.0. The predicted octanol–water partition coefficient (Wildman–Crippen LogP) is 2.12. The van der Waals surface area contributed by atoms with Crippen LogP contribution in [0.4, 0.5) is 5.69 Å². The molecule has 7 nitrogen and oxygen atoms in total. The molecule has 2 N–H and O–H groups in total. The van der Waals surface area contributed by atoms with Gasteiger partial charge in [0, 0.05) is 22.9 Å². The van der Waals surface area contributed by atoms with Crippen molar-refractivity contribution in [3.8, 4) is 0 Å². The third-order valence-electron chi connectivity index (χ3n) is 3.18. The van der Waals surface area contributed by atoms with E-state index in [4.69, 9.17) is 5.11 Å². The van der Waals surface area contributed by atoms with Crippen LogP contribution in [0.5, 0.6) is 0 Å². The van der Waals surface area contributed by atoms with Crippen LogP contribution in [0.2, 0.25) is 0 Å². The first kappa shape index (κ1) is 13.9. The number of carboxylic acids is 1. The van der Waals surface area contributed by atoms with E-state index in [0.29, 0.717) is 17.4 Å². The highest BCUT2D eigenvalue weighted by atomic mass is 79.9. The van der Waals surface area contributed by atoms with Crippen LogP contribution < -0.4 is 5.32 Å². The molecule has 0 saturated heterocycles. The molecule has 1 aliphatic rings. The van der Waals surface area contributed by atoms with Gasteiger partial charge in [-0.15, -0.1) is 0 Å². The number of nitrogens with zero attached hydrogens (tertiary/aromatic N) is 3. The van der Waals surface area contributed by atoms with Crippen molar-refractivity contribution >= 4 is 33.5 Å². The van der Waals surface area contributed by atoms with Crippen LogP contribution in [0.15, 0.2) is 29.1 Å². The van der Waals surface area contributed by atoms with Crippen LogP contribution in [0, 0.1) is 0 Å². The lowest BCUT2D eigenvalue weighted by atomic mass is 10.4. The summed E-state index contributed by atoms with van der Waals surface area (Å²) >= 11 is 3.38. The minimum atomic E-state index is -0.984. The fraction of sp³-hybridized carbons (Fsp3) is 0.308. The molecule has 2 aromatic heterocycles. The Morgan fingerprint density at radius 1 is 1.43 bits per heavy atom. The summed E-state index contributed by atoms with van der Waals surface area (Å²) in [4.78, 5) is 22.9. The highest BCUT2D eigenvalue weighted by molar-refractivity contribution is 9.10. The van der Waals surface area contributed by atoms with Crippen LogP contribution in [0.1, 0.15) is 29.4 Å². The molecule has 1 amide bonds. The normalized spacial score (nSPS) is 14.1. The number of hydrogen-bond donors (Lipinski definition) is 2. The Labute approximate surface area is 128 Å². The number of anilines is 1. The topological polar surface area (TPSA) is 89.1 Å². The number of aromatic nitrogens is 3. The van der Waals surface area contributed by atoms with Gasteiger partial charge in [-0.3, -0.25) is 14.3 Å². The lowest BCUT2D eigenvalue weighted by Crippen LogP contribution is -2.16. The number of carbonyl (C=O) groups is 2. The van der Waals surface area contributed by atoms with E-state index >= 15 is 0 Å². The largest absolute Gasteiger partial charge is 0.480 e. The van der Waals surface area contributed by atoms with E-state index in [9.17, 15) is 9.59 Å². The summed E-state index contributed by atoms with van der Waals surface area (Å²) in [6.07, 6.45) is 6.99. The standard InChI is InChI=1S/C13H13BrN4O3/c14-8-3-11(18(5-8)10-1-2-10)13(21)16-9-4-15-17(6-9)7-12(19)20/h3-6,10H,1-2,7H2,(H,16,21)(H,19,20). The quantitative estimate of drug-likeness (QED) is 0.862. The Kier molecular flexibility index (Phi) is 3.54. The fourth-order valence-corrected chi connectivity index (χ4v) is 2.57. The Morgan fingerprint density at radius 2 is 2.19 bits per heavy atom. The summed E-state index contributed by atoms with van der Waals surface area (Å²) in [6, 6.07) is 2.17. The Balaban J connectivity index is 1.74. The highest BCUT2D eigenvalue weighted by Gasteiger charge is 2.27. The van der Waals surface area contributed by atoms with Gasteiger partial charge in [-0.05, 0) is 34.8 Å². The van der Waals surface area contributed by atoms with Crippen molar-refractivity contribution in [2.75, 3.05) is 5.32 Å². The molecule has 3 rings (SSSR count). The third-order valence-corrected chi connectivity index (χ3v) is 3.61.